The van der Waals surface area contributed by atoms with E-state index in [1.807, 2.05) is 0 Å². The lowest BCUT2D eigenvalue weighted by Crippen LogP contribution is -2.15. The first-order chi connectivity index (χ1) is 15.6. The number of nitro groups is 1. The van der Waals surface area contributed by atoms with Gasteiger partial charge in [0.25, 0.3) is 15.7 Å². The summed E-state index contributed by atoms with van der Waals surface area (Å²) < 4.78 is 33.2. The summed E-state index contributed by atoms with van der Waals surface area (Å²) in [7, 11) is -2.96. The quantitative estimate of drug-likeness (QED) is 0.159. The Balaban J connectivity index is 1.94. The highest BCUT2D eigenvalue weighted by Gasteiger charge is 2.23. The number of nitrogens with one attached hydrogen (secondary N) is 2. The van der Waals surface area contributed by atoms with E-state index in [-0.39, 0.29) is 17.1 Å². The van der Waals surface area contributed by atoms with E-state index in [1.54, 1.807) is 0 Å². The van der Waals surface area contributed by atoms with Crippen molar-refractivity contribution in [1.82, 2.24) is 0 Å². The van der Waals surface area contributed by atoms with Gasteiger partial charge in [-0.15, -0.1) is 0 Å². The normalized spacial score (nSPS) is 11.3. The Hall–Kier alpha value is -4.03. The molecule has 0 bridgehead atoms. The number of methoxy groups -OCH3 is 1. The van der Waals surface area contributed by atoms with Crippen LogP contribution in [0.3, 0.4) is 0 Å². The molecule has 0 heterocycles. The molecule has 0 aromatic heterocycles. The van der Waals surface area contributed by atoms with Crippen molar-refractivity contribution in [3.8, 4) is 17.2 Å². The summed E-state index contributed by atoms with van der Waals surface area (Å²) in [6.07, 6.45) is 1.23. The van der Waals surface area contributed by atoms with E-state index in [1.165, 1.54) is 55.8 Å². The van der Waals surface area contributed by atoms with Crippen molar-refractivity contribution in [2.45, 2.75) is 4.90 Å². The molecule has 11 nitrogen and oxygen atoms in total. The monoisotopic (exact) mass is 492 g/mol. The standard InChI is InChI=1S/C20H17ClN4O7S/c1-32-18-9-12(8-17(26)20(18)27)11-22-23-16-7-6-15(25(28)29)10-19(16)33(30,31)24-14-4-2-13(21)3-5-14/h2-11,23-24,26-27H,1H3/b22-11+. The van der Waals surface area contributed by atoms with Crippen LogP contribution in [0.15, 0.2) is 64.6 Å². The van der Waals surface area contributed by atoms with E-state index in [0.717, 1.165) is 12.1 Å². The smallest absolute Gasteiger partial charge is 0.270 e. The Bertz CT molecular complexity index is 1330. The molecule has 0 saturated heterocycles. The number of anilines is 2. The Morgan fingerprint density at radius 1 is 1.12 bits per heavy atom. The van der Waals surface area contributed by atoms with Crippen molar-refractivity contribution < 1.29 is 28.3 Å². The molecule has 33 heavy (non-hydrogen) atoms. The zero-order valence-electron chi connectivity index (χ0n) is 16.9. The lowest BCUT2D eigenvalue weighted by Gasteiger charge is -2.12. The Morgan fingerprint density at radius 2 is 1.82 bits per heavy atom. The van der Waals surface area contributed by atoms with Gasteiger partial charge in [-0.2, -0.15) is 5.10 Å². The first-order valence-corrected chi connectivity index (χ1v) is 10.9. The van der Waals surface area contributed by atoms with E-state index in [0.29, 0.717) is 10.6 Å². The van der Waals surface area contributed by atoms with Crippen LogP contribution in [0.2, 0.25) is 5.02 Å². The Labute approximate surface area is 193 Å². The SMILES string of the molecule is COc1cc(/C=N/Nc2ccc([N+](=O)[O-])cc2S(=O)(=O)Nc2ccc(Cl)cc2)cc(O)c1O. The molecule has 4 N–H and O–H groups in total. The van der Waals surface area contributed by atoms with Gasteiger partial charge in [-0.05, 0) is 42.5 Å². The fourth-order valence-corrected chi connectivity index (χ4v) is 4.05. The minimum Gasteiger partial charge on any atom is -0.504 e. The number of hydrogen-bond acceptors (Lipinski definition) is 9. The average molecular weight is 493 g/mol. The zero-order chi connectivity index (χ0) is 24.2. The summed E-state index contributed by atoms with van der Waals surface area (Å²) in [5, 5.41) is 34.9. The van der Waals surface area contributed by atoms with Crippen molar-refractivity contribution in [2.75, 3.05) is 17.3 Å². The number of hydrogen-bond donors (Lipinski definition) is 4. The molecule has 3 aromatic carbocycles. The fourth-order valence-electron chi connectivity index (χ4n) is 2.69. The number of phenolic OH excluding ortho intramolecular Hbond substituents is 2. The molecule has 0 aliphatic rings. The second-order valence-electron chi connectivity index (χ2n) is 6.51. The largest absolute Gasteiger partial charge is 0.504 e. The first-order valence-electron chi connectivity index (χ1n) is 9.06. The van der Waals surface area contributed by atoms with E-state index in [9.17, 15) is 28.7 Å². The van der Waals surface area contributed by atoms with Gasteiger partial charge in [-0.25, -0.2) is 8.42 Å². The second-order valence-corrected chi connectivity index (χ2v) is 8.60. The Morgan fingerprint density at radius 3 is 2.45 bits per heavy atom. The van der Waals surface area contributed by atoms with Gasteiger partial charge in [0.2, 0.25) is 5.75 Å². The first kappa shape index (κ1) is 23.6. The van der Waals surface area contributed by atoms with Gasteiger partial charge in [0, 0.05) is 28.4 Å². The molecular formula is C20H17ClN4O7S. The zero-order valence-corrected chi connectivity index (χ0v) is 18.5. The third-order valence-corrected chi connectivity index (χ3v) is 5.93. The number of halogens is 1. The van der Waals surface area contributed by atoms with Crippen LogP contribution in [0.1, 0.15) is 5.56 Å². The fraction of sp³-hybridized carbons (Fsp3) is 0.0500. The van der Waals surface area contributed by atoms with Crippen LogP contribution in [-0.2, 0) is 10.0 Å². The maximum atomic E-state index is 12.9. The number of rotatable bonds is 8. The molecule has 172 valence electrons. The van der Waals surface area contributed by atoms with Crippen molar-refractivity contribution in [1.29, 1.82) is 0 Å². The van der Waals surface area contributed by atoms with Crippen LogP contribution in [0.4, 0.5) is 17.1 Å². The van der Waals surface area contributed by atoms with Crippen molar-refractivity contribution in [3.63, 3.8) is 0 Å². The molecule has 0 spiro atoms. The summed E-state index contributed by atoms with van der Waals surface area (Å²) in [5.74, 6) is -0.886. The van der Waals surface area contributed by atoms with Crippen LogP contribution in [0.5, 0.6) is 17.2 Å². The number of hydrazone groups is 1. The van der Waals surface area contributed by atoms with Crippen LogP contribution in [0, 0.1) is 10.1 Å². The summed E-state index contributed by atoms with van der Waals surface area (Å²) >= 11 is 5.81. The van der Waals surface area contributed by atoms with Gasteiger partial charge >= 0.3 is 0 Å². The highest BCUT2D eigenvalue weighted by atomic mass is 35.5. The minimum absolute atomic E-state index is 0.00205. The summed E-state index contributed by atoms with van der Waals surface area (Å²) in [6, 6.07) is 11.6. The number of non-ortho nitro benzene ring substituents is 1. The molecule has 0 radical (unpaired) electrons. The molecular weight excluding hydrogens is 476 g/mol. The molecule has 0 unspecified atom stereocenters. The van der Waals surface area contributed by atoms with Crippen LogP contribution < -0.4 is 14.9 Å². The van der Waals surface area contributed by atoms with Gasteiger partial charge in [0.1, 0.15) is 4.90 Å². The van der Waals surface area contributed by atoms with Gasteiger partial charge in [-0.3, -0.25) is 20.3 Å². The summed E-state index contributed by atoms with van der Waals surface area (Å²) in [5.41, 5.74) is 2.56. The van der Waals surface area contributed by atoms with E-state index in [4.69, 9.17) is 16.3 Å². The van der Waals surface area contributed by atoms with Crippen molar-refractivity contribution in [3.05, 3.63) is 75.3 Å². The highest BCUT2D eigenvalue weighted by Crippen LogP contribution is 2.36. The van der Waals surface area contributed by atoms with E-state index >= 15 is 0 Å². The molecule has 0 aliphatic carbocycles. The average Bonchev–Trinajstić information content (AvgIpc) is 2.77. The number of ether oxygens (including phenoxy) is 1. The number of phenols is 2. The van der Waals surface area contributed by atoms with Gasteiger partial charge < -0.3 is 14.9 Å². The molecule has 0 atom stereocenters. The minimum atomic E-state index is -4.26. The lowest BCUT2D eigenvalue weighted by atomic mass is 10.2. The second kappa shape index (κ2) is 9.63. The van der Waals surface area contributed by atoms with Crippen LogP contribution in [0.25, 0.3) is 0 Å². The van der Waals surface area contributed by atoms with E-state index < -0.39 is 37.0 Å². The third kappa shape index (κ3) is 5.61. The Kier molecular flexibility index (Phi) is 6.89. The number of aromatic hydroxyl groups is 2. The molecule has 0 aliphatic heterocycles. The van der Waals surface area contributed by atoms with Crippen LogP contribution in [-0.4, -0.2) is 36.9 Å². The lowest BCUT2D eigenvalue weighted by molar-refractivity contribution is -0.385. The summed E-state index contributed by atoms with van der Waals surface area (Å²) in [6.45, 7) is 0. The van der Waals surface area contributed by atoms with E-state index in [2.05, 4.69) is 15.2 Å². The maximum absolute atomic E-state index is 12.9. The third-order valence-electron chi connectivity index (χ3n) is 4.26. The predicted octanol–water partition coefficient (Wildman–Crippen LogP) is 3.91. The van der Waals surface area contributed by atoms with Crippen molar-refractivity contribution >= 4 is 44.9 Å². The molecule has 3 rings (SSSR count). The maximum Gasteiger partial charge on any atom is 0.270 e. The molecule has 0 amide bonds. The topological polar surface area (TPSA) is 163 Å². The van der Waals surface area contributed by atoms with Crippen LogP contribution >= 0.6 is 11.6 Å². The van der Waals surface area contributed by atoms with Crippen molar-refractivity contribution in [2.24, 2.45) is 5.10 Å². The summed E-state index contributed by atoms with van der Waals surface area (Å²) in [4.78, 5) is 10.0. The predicted molar refractivity (Wildman–Crippen MR) is 123 cm³/mol. The molecule has 13 heteroatoms. The number of benzene rings is 3. The van der Waals surface area contributed by atoms with Gasteiger partial charge in [0.05, 0.1) is 23.9 Å². The van der Waals surface area contributed by atoms with Gasteiger partial charge in [-0.1, -0.05) is 11.6 Å². The number of nitro benzene ring substituents is 1. The highest BCUT2D eigenvalue weighted by molar-refractivity contribution is 7.92. The number of nitrogens with zero attached hydrogens (tertiary/aromatic N) is 2. The molecule has 3 aromatic rings. The molecule has 0 fully saturated rings. The van der Waals surface area contributed by atoms with Gasteiger partial charge in [0.15, 0.2) is 11.5 Å². The number of sulfonamides is 1. The molecule has 0 saturated carbocycles.